The second-order valence-corrected chi connectivity index (χ2v) is 5.70. The highest BCUT2D eigenvalue weighted by atomic mass is 32.1. The normalized spacial score (nSPS) is 26.2. The van der Waals surface area contributed by atoms with Gasteiger partial charge in [0.15, 0.2) is 0 Å². The Bertz CT molecular complexity index is 330. The standard InChI is InChI=1S/C11H20N4S/c1-8-3-5-9(6-4-8)15(2)7-10-11(12)16-14-13-10/h8-9H,3-7,12H2,1-2H3. The zero-order valence-corrected chi connectivity index (χ0v) is 10.8. The van der Waals surface area contributed by atoms with E-state index in [2.05, 4.69) is 28.5 Å². The summed E-state index contributed by atoms with van der Waals surface area (Å²) in [5, 5.41) is 4.83. The molecule has 0 saturated heterocycles. The second-order valence-electron chi connectivity index (χ2n) is 4.91. The molecule has 1 aliphatic carbocycles. The van der Waals surface area contributed by atoms with Crippen LogP contribution in [-0.4, -0.2) is 27.6 Å². The van der Waals surface area contributed by atoms with Crippen molar-refractivity contribution in [1.82, 2.24) is 14.5 Å². The Kier molecular flexibility index (Phi) is 3.76. The van der Waals surface area contributed by atoms with Crippen LogP contribution in [-0.2, 0) is 6.54 Å². The predicted octanol–water partition coefficient (Wildman–Crippen LogP) is 2.13. The molecule has 0 spiro atoms. The number of hydrogen-bond acceptors (Lipinski definition) is 5. The lowest BCUT2D eigenvalue weighted by Gasteiger charge is -2.33. The SMILES string of the molecule is CC1CCC(N(C)Cc2nnsc2N)CC1. The highest BCUT2D eigenvalue weighted by Gasteiger charge is 2.22. The van der Waals surface area contributed by atoms with Gasteiger partial charge in [0.05, 0.1) is 0 Å². The summed E-state index contributed by atoms with van der Waals surface area (Å²) in [7, 11) is 2.17. The minimum absolute atomic E-state index is 0.692. The smallest absolute Gasteiger partial charge is 0.132 e. The van der Waals surface area contributed by atoms with E-state index in [0.29, 0.717) is 6.04 Å². The molecule has 0 bridgehead atoms. The molecule has 1 aromatic heterocycles. The van der Waals surface area contributed by atoms with E-state index < -0.39 is 0 Å². The van der Waals surface area contributed by atoms with Gasteiger partial charge in [0.2, 0.25) is 0 Å². The minimum Gasteiger partial charge on any atom is -0.388 e. The Morgan fingerprint density at radius 1 is 1.38 bits per heavy atom. The van der Waals surface area contributed by atoms with Crippen LogP contribution in [0.4, 0.5) is 5.00 Å². The molecule has 1 fully saturated rings. The number of aromatic nitrogens is 2. The van der Waals surface area contributed by atoms with Crippen molar-refractivity contribution in [3.05, 3.63) is 5.69 Å². The van der Waals surface area contributed by atoms with Gasteiger partial charge in [0, 0.05) is 24.1 Å². The molecular formula is C11H20N4S. The molecule has 0 atom stereocenters. The van der Waals surface area contributed by atoms with Crippen LogP contribution >= 0.6 is 11.5 Å². The zero-order valence-electron chi connectivity index (χ0n) is 10.0. The quantitative estimate of drug-likeness (QED) is 0.879. The third-order valence-electron chi connectivity index (χ3n) is 3.59. The number of rotatable bonds is 3. The molecule has 1 saturated carbocycles. The number of anilines is 1. The third-order valence-corrected chi connectivity index (χ3v) is 4.19. The molecule has 0 unspecified atom stereocenters. The lowest BCUT2D eigenvalue weighted by atomic mass is 9.87. The van der Waals surface area contributed by atoms with E-state index in [0.717, 1.165) is 23.2 Å². The molecule has 16 heavy (non-hydrogen) atoms. The summed E-state index contributed by atoms with van der Waals surface area (Å²) in [5.41, 5.74) is 6.74. The topological polar surface area (TPSA) is 55.0 Å². The molecule has 5 heteroatoms. The van der Waals surface area contributed by atoms with Gasteiger partial charge in [-0.05, 0) is 38.6 Å². The lowest BCUT2D eigenvalue weighted by molar-refractivity contribution is 0.162. The maximum atomic E-state index is 5.81. The van der Waals surface area contributed by atoms with E-state index >= 15 is 0 Å². The molecule has 0 amide bonds. The number of nitrogen functional groups attached to an aromatic ring is 1. The van der Waals surface area contributed by atoms with Gasteiger partial charge in [-0.25, -0.2) is 0 Å². The Morgan fingerprint density at radius 3 is 2.62 bits per heavy atom. The highest BCUT2D eigenvalue weighted by molar-refractivity contribution is 7.09. The summed E-state index contributed by atoms with van der Waals surface area (Å²) in [6.07, 6.45) is 5.30. The average molecular weight is 240 g/mol. The van der Waals surface area contributed by atoms with Gasteiger partial charge in [-0.2, -0.15) is 0 Å². The minimum atomic E-state index is 0.692. The van der Waals surface area contributed by atoms with Gasteiger partial charge < -0.3 is 5.73 Å². The summed E-state index contributed by atoms with van der Waals surface area (Å²) in [6, 6.07) is 0.692. The van der Waals surface area contributed by atoms with Crippen molar-refractivity contribution in [2.75, 3.05) is 12.8 Å². The van der Waals surface area contributed by atoms with E-state index in [1.54, 1.807) is 0 Å². The maximum Gasteiger partial charge on any atom is 0.132 e. The molecule has 1 heterocycles. The van der Waals surface area contributed by atoms with Crippen molar-refractivity contribution in [2.24, 2.45) is 5.92 Å². The monoisotopic (exact) mass is 240 g/mol. The number of nitrogens with zero attached hydrogens (tertiary/aromatic N) is 3. The highest BCUT2D eigenvalue weighted by Crippen LogP contribution is 2.27. The van der Waals surface area contributed by atoms with Crippen LogP contribution in [0.1, 0.15) is 38.3 Å². The van der Waals surface area contributed by atoms with E-state index in [4.69, 9.17) is 5.73 Å². The van der Waals surface area contributed by atoms with Gasteiger partial charge in [-0.3, -0.25) is 4.90 Å². The van der Waals surface area contributed by atoms with Gasteiger partial charge in [0.1, 0.15) is 10.7 Å². The summed E-state index contributed by atoms with van der Waals surface area (Å²) >= 11 is 1.28. The molecule has 1 aliphatic rings. The largest absolute Gasteiger partial charge is 0.388 e. The average Bonchev–Trinajstić information content (AvgIpc) is 2.65. The van der Waals surface area contributed by atoms with Crippen molar-refractivity contribution >= 4 is 16.5 Å². The molecular weight excluding hydrogens is 220 g/mol. The van der Waals surface area contributed by atoms with Gasteiger partial charge in [0.25, 0.3) is 0 Å². The van der Waals surface area contributed by atoms with E-state index in [9.17, 15) is 0 Å². The van der Waals surface area contributed by atoms with Crippen molar-refractivity contribution in [2.45, 2.75) is 45.2 Å². The van der Waals surface area contributed by atoms with Gasteiger partial charge in [-0.1, -0.05) is 11.4 Å². The molecule has 0 aromatic carbocycles. The molecule has 2 N–H and O–H groups in total. The van der Waals surface area contributed by atoms with Gasteiger partial charge >= 0.3 is 0 Å². The molecule has 4 nitrogen and oxygen atoms in total. The first-order chi connectivity index (χ1) is 7.66. The molecule has 2 rings (SSSR count). The fourth-order valence-corrected chi connectivity index (χ4v) is 2.81. The Morgan fingerprint density at radius 2 is 2.06 bits per heavy atom. The van der Waals surface area contributed by atoms with Crippen molar-refractivity contribution in [1.29, 1.82) is 0 Å². The summed E-state index contributed by atoms with van der Waals surface area (Å²) in [5.74, 6) is 0.899. The van der Waals surface area contributed by atoms with Crippen molar-refractivity contribution < 1.29 is 0 Å². The first kappa shape index (κ1) is 11.8. The van der Waals surface area contributed by atoms with Crippen LogP contribution < -0.4 is 5.73 Å². The summed E-state index contributed by atoms with van der Waals surface area (Å²) < 4.78 is 3.87. The first-order valence-corrected chi connectivity index (χ1v) is 6.71. The Labute approximate surface area is 101 Å². The van der Waals surface area contributed by atoms with E-state index in [1.807, 2.05) is 0 Å². The maximum absolute atomic E-state index is 5.81. The fourth-order valence-electron chi connectivity index (χ4n) is 2.37. The van der Waals surface area contributed by atoms with Crippen molar-refractivity contribution in [3.63, 3.8) is 0 Å². The first-order valence-electron chi connectivity index (χ1n) is 5.93. The Balaban J connectivity index is 1.88. The van der Waals surface area contributed by atoms with Crippen molar-refractivity contribution in [3.8, 4) is 0 Å². The molecule has 0 aliphatic heterocycles. The zero-order chi connectivity index (χ0) is 11.5. The van der Waals surface area contributed by atoms with Gasteiger partial charge in [-0.15, -0.1) is 5.10 Å². The lowest BCUT2D eigenvalue weighted by Crippen LogP contribution is -2.34. The fraction of sp³-hybridized carbons (Fsp3) is 0.818. The van der Waals surface area contributed by atoms with Crippen LogP contribution in [0, 0.1) is 5.92 Å². The van der Waals surface area contributed by atoms with E-state index in [-0.39, 0.29) is 0 Å². The number of hydrogen-bond donors (Lipinski definition) is 1. The molecule has 1 aromatic rings. The summed E-state index contributed by atoms with van der Waals surface area (Å²) in [4.78, 5) is 2.37. The van der Waals surface area contributed by atoms with Crippen LogP contribution in [0.2, 0.25) is 0 Å². The predicted molar refractivity (Wildman–Crippen MR) is 67.2 cm³/mol. The number of nitrogens with two attached hydrogens (primary N) is 1. The second kappa shape index (κ2) is 5.10. The van der Waals surface area contributed by atoms with Crippen LogP contribution in [0.5, 0.6) is 0 Å². The summed E-state index contributed by atoms with van der Waals surface area (Å²) in [6.45, 7) is 3.18. The van der Waals surface area contributed by atoms with Crippen LogP contribution in [0.3, 0.4) is 0 Å². The Hall–Kier alpha value is -0.680. The third kappa shape index (κ3) is 2.71. The molecule has 0 radical (unpaired) electrons. The van der Waals surface area contributed by atoms with Crippen LogP contribution in [0.25, 0.3) is 0 Å². The van der Waals surface area contributed by atoms with Crippen LogP contribution in [0.15, 0.2) is 0 Å². The molecule has 90 valence electrons. The van der Waals surface area contributed by atoms with E-state index in [1.165, 1.54) is 37.2 Å².